The van der Waals surface area contributed by atoms with E-state index in [4.69, 9.17) is 14.3 Å². The van der Waals surface area contributed by atoms with Gasteiger partial charge in [0.25, 0.3) is 0 Å². The second-order valence-corrected chi connectivity index (χ2v) is 3.76. The number of hydrogen-bond acceptors (Lipinski definition) is 5. The van der Waals surface area contributed by atoms with Crippen LogP contribution in [0.3, 0.4) is 0 Å². The number of nitrogens with zero attached hydrogens (tertiary/aromatic N) is 2. The van der Waals surface area contributed by atoms with Crippen molar-refractivity contribution in [3.8, 4) is 5.88 Å². The molecule has 2 heterocycles. The number of carboxylic acids is 1. The first-order valence-electron chi connectivity index (χ1n) is 5.32. The van der Waals surface area contributed by atoms with Crippen LogP contribution in [0.4, 0.5) is 0 Å². The number of hydrogen-bond donors (Lipinski definition) is 1. The van der Waals surface area contributed by atoms with Gasteiger partial charge >= 0.3 is 5.97 Å². The Morgan fingerprint density at radius 3 is 2.83 bits per heavy atom. The Kier molecular flexibility index (Phi) is 3.27. The number of carboxylic acid groups (broad SMARTS) is 1. The first-order chi connectivity index (χ1) is 8.59. The third-order valence-electron chi connectivity index (χ3n) is 2.57. The topological polar surface area (TPSA) is 85.5 Å². The van der Waals surface area contributed by atoms with Gasteiger partial charge in [-0.05, 0) is 31.5 Å². The van der Waals surface area contributed by atoms with Crippen LogP contribution in [-0.4, -0.2) is 21.3 Å². The van der Waals surface area contributed by atoms with E-state index >= 15 is 0 Å². The summed E-state index contributed by atoms with van der Waals surface area (Å²) < 4.78 is 10.4. The third kappa shape index (κ3) is 2.32. The van der Waals surface area contributed by atoms with Gasteiger partial charge in [-0.2, -0.15) is 5.10 Å². The SMILES string of the molecule is Cc1nnc(OCc2ccco2)c(C(=O)O)c1C. The first kappa shape index (κ1) is 12.1. The number of rotatable bonds is 4. The zero-order chi connectivity index (χ0) is 13.1. The fourth-order valence-corrected chi connectivity index (χ4v) is 1.47. The van der Waals surface area contributed by atoms with Crippen LogP contribution in [0.1, 0.15) is 27.4 Å². The van der Waals surface area contributed by atoms with Gasteiger partial charge in [0.1, 0.15) is 17.9 Å². The van der Waals surface area contributed by atoms with E-state index in [1.165, 1.54) is 6.26 Å². The standard InChI is InChI=1S/C12H12N2O4/c1-7-8(2)13-14-11(10(7)12(15)16)18-6-9-4-3-5-17-9/h3-5H,6H2,1-2H3,(H,15,16). The number of furan rings is 1. The molecule has 0 atom stereocenters. The summed E-state index contributed by atoms with van der Waals surface area (Å²) in [5, 5.41) is 16.8. The summed E-state index contributed by atoms with van der Waals surface area (Å²) in [7, 11) is 0. The average molecular weight is 248 g/mol. The summed E-state index contributed by atoms with van der Waals surface area (Å²) in [4.78, 5) is 11.2. The van der Waals surface area contributed by atoms with E-state index in [-0.39, 0.29) is 18.1 Å². The van der Waals surface area contributed by atoms with Crippen molar-refractivity contribution in [2.75, 3.05) is 0 Å². The molecule has 0 aliphatic rings. The highest BCUT2D eigenvalue weighted by Crippen LogP contribution is 2.21. The highest BCUT2D eigenvalue weighted by atomic mass is 16.5. The molecule has 2 rings (SSSR count). The largest absolute Gasteiger partial charge is 0.477 e. The van der Waals surface area contributed by atoms with E-state index in [1.54, 1.807) is 26.0 Å². The van der Waals surface area contributed by atoms with E-state index in [1.807, 2.05) is 0 Å². The fourth-order valence-electron chi connectivity index (χ4n) is 1.47. The normalized spacial score (nSPS) is 10.3. The van der Waals surface area contributed by atoms with Crippen LogP contribution >= 0.6 is 0 Å². The molecule has 0 unspecified atom stereocenters. The summed E-state index contributed by atoms with van der Waals surface area (Å²) >= 11 is 0. The Labute approximate surface area is 103 Å². The second-order valence-electron chi connectivity index (χ2n) is 3.76. The van der Waals surface area contributed by atoms with Crippen LogP contribution in [0, 0.1) is 13.8 Å². The summed E-state index contributed by atoms with van der Waals surface area (Å²) in [6.07, 6.45) is 1.52. The van der Waals surface area contributed by atoms with Crippen LogP contribution in [0.5, 0.6) is 5.88 Å². The monoisotopic (exact) mass is 248 g/mol. The molecule has 6 heteroatoms. The number of ether oxygens (including phenoxy) is 1. The van der Waals surface area contributed by atoms with E-state index < -0.39 is 5.97 Å². The molecule has 0 amide bonds. The van der Waals surface area contributed by atoms with Gasteiger partial charge in [-0.1, -0.05) is 0 Å². The molecule has 0 aromatic carbocycles. The molecule has 6 nitrogen and oxygen atoms in total. The molecule has 2 aromatic rings. The van der Waals surface area contributed by atoms with Crippen LogP contribution in [-0.2, 0) is 6.61 Å². The Morgan fingerprint density at radius 1 is 1.44 bits per heavy atom. The molecule has 0 saturated heterocycles. The van der Waals surface area contributed by atoms with Crippen LogP contribution < -0.4 is 4.74 Å². The summed E-state index contributed by atoms with van der Waals surface area (Å²) in [6.45, 7) is 3.49. The Hall–Kier alpha value is -2.37. The first-order valence-corrected chi connectivity index (χ1v) is 5.32. The lowest BCUT2D eigenvalue weighted by Crippen LogP contribution is -2.10. The van der Waals surface area contributed by atoms with Gasteiger partial charge in [-0.25, -0.2) is 4.79 Å². The van der Waals surface area contributed by atoms with Crippen molar-refractivity contribution in [1.82, 2.24) is 10.2 Å². The number of aromatic nitrogens is 2. The maximum Gasteiger partial charge on any atom is 0.341 e. The van der Waals surface area contributed by atoms with Gasteiger partial charge in [0.15, 0.2) is 0 Å². The number of aromatic carboxylic acids is 1. The van der Waals surface area contributed by atoms with Crippen molar-refractivity contribution in [1.29, 1.82) is 0 Å². The molecule has 0 bridgehead atoms. The lowest BCUT2D eigenvalue weighted by atomic mass is 10.1. The Balaban J connectivity index is 2.27. The highest BCUT2D eigenvalue weighted by Gasteiger charge is 2.19. The van der Waals surface area contributed by atoms with Crippen molar-refractivity contribution < 1.29 is 19.1 Å². The minimum atomic E-state index is -1.08. The molecule has 0 aliphatic heterocycles. The van der Waals surface area contributed by atoms with Crippen LogP contribution in [0.15, 0.2) is 22.8 Å². The van der Waals surface area contributed by atoms with Crippen LogP contribution in [0.25, 0.3) is 0 Å². The smallest absolute Gasteiger partial charge is 0.341 e. The summed E-state index contributed by atoms with van der Waals surface area (Å²) in [6, 6.07) is 3.46. The molecule has 18 heavy (non-hydrogen) atoms. The Bertz CT molecular complexity index is 564. The Morgan fingerprint density at radius 2 is 2.22 bits per heavy atom. The molecule has 0 saturated carbocycles. The van der Waals surface area contributed by atoms with Gasteiger partial charge in [0.05, 0.1) is 12.0 Å². The van der Waals surface area contributed by atoms with E-state index in [0.29, 0.717) is 17.0 Å². The van der Waals surface area contributed by atoms with Crippen molar-refractivity contribution in [2.24, 2.45) is 0 Å². The molecule has 94 valence electrons. The molecule has 0 radical (unpaired) electrons. The molecule has 0 fully saturated rings. The maximum absolute atomic E-state index is 11.2. The predicted octanol–water partition coefficient (Wildman–Crippen LogP) is 1.96. The van der Waals surface area contributed by atoms with Crippen molar-refractivity contribution in [2.45, 2.75) is 20.5 Å². The van der Waals surface area contributed by atoms with Gasteiger partial charge in [0, 0.05) is 0 Å². The molecular weight excluding hydrogens is 236 g/mol. The minimum Gasteiger partial charge on any atom is -0.477 e. The highest BCUT2D eigenvalue weighted by molar-refractivity contribution is 5.91. The lowest BCUT2D eigenvalue weighted by Gasteiger charge is -2.09. The van der Waals surface area contributed by atoms with Crippen molar-refractivity contribution >= 4 is 5.97 Å². The molecule has 1 N–H and O–H groups in total. The predicted molar refractivity (Wildman–Crippen MR) is 61.5 cm³/mol. The molecule has 0 spiro atoms. The third-order valence-corrected chi connectivity index (χ3v) is 2.57. The number of aryl methyl sites for hydroxylation is 1. The lowest BCUT2D eigenvalue weighted by molar-refractivity contribution is 0.0688. The van der Waals surface area contributed by atoms with E-state index in [0.717, 1.165) is 0 Å². The molecular formula is C12H12N2O4. The van der Waals surface area contributed by atoms with Crippen molar-refractivity contribution in [3.05, 3.63) is 41.0 Å². The zero-order valence-electron chi connectivity index (χ0n) is 10.0. The summed E-state index contributed by atoms with van der Waals surface area (Å²) in [5.41, 5.74) is 1.15. The van der Waals surface area contributed by atoms with E-state index in [9.17, 15) is 4.79 Å². The quantitative estimate of drug-likeness (QED) is 0.890. The van der Waals surface area contributed by atoms with Gasteiger partial charge in [0.2, 0.25) is 5.88 Å². The number of carbonyl (C=O) groups is 1. The van der Waals surface area contributed by atoms with Gasteiger partial charge < -0.3 is 14.3 Å². The van der Waals surface area contributed by atoms with Crippen LogP contribution in [0.2, 0.25) is 0 Å². The maximum atomic E-state index is 11.2. The van der Waals surface area contributed by atoms with E-state index in [2.05, 4.69) is 10.2 Å². The van der Waals surface area contributed by atoms with Gasteiger partial charge in [-0.3, -0.25) is 0 Å². The second kappa shape index (κ2) is 4.87. The molecule has 0 aliphatic carbocycles. The molecule has 2 aromatic heterocycles. The fraction of sp³-hybridized carbons (Fsp3) is 0.250. The minimum absolute atomic E-state index is 0.00185. The zero-order valence-corrected chi connectivity index (χ0v) is 10.0. The van der Waals surface area contributed by atoms with Gasteiger partial charge in [-0.15, -0.1) is 5.10 Å². The van der Waals surface area contributed by atoms with Crippen molar-refractivity contribution in [3.63, 3.8) is 0 Å². The average Bonchev–Trinajstić information content (AvgIpc) is 2.83. The summed E-state index contributed by atoms with van der Waals surface area (Å²) in [5.74, 6) is -0.492.